The molecule has 0 spiro atoms. The Morgan fingerprint density at radius 3 is 2.75 bits per heavy atom. The highest BCUT2D eigenvalue weighted by molar-refractivity contribution is 5.95. The Morgan fingerprint density at radius 1 is 1.18 bits per heavy atom. The molecule has 1 unspecified atom stereocenters. The van der Waals surface area contributed by atoms with Gasteiger partial charge in [-0.25, -0.2) is 8.78 Å². The molecular formula is C21H15F2N3O2. The predicted octanol–water partition coefficient (Wildman–Crippen LogP) is 3.93. The molecule has 3 aromatic rings. The second-order valence-electron chi connectivity index (χ2n) is 5.88. The lowest BCUT2D eigenvalue weighted by molar-refractivity contribution is 0.0944. The molecule has 5 nitrogen and oxygen atoms in total. The second kappa shape index (κ2) is 8.73. The van der Waals surface area contributed by atoms with Gasteiger partial charge < -0.3 is 10.1 Å². The number of ether oxygens (including phenoxy) is 1. The number of carbonyl (C=O) groups excluding carboxylic acids is 1. The highest BCUT2D eigenvalue weighted by atomic mass is 19.1. The average molecular weight is 379 g/mol. The molecule has 0 aliphatic heterocycles. The Kier molecular flexibility index (Phi) is 5.92. The van der Waals surface area contributed by atoms with Crippen molar-refractivity contribution in [2.24, 2.45) is 0 Å². The van der Waals surface area contributed by atoms with Crippen LogP contribution in [0.4, 0.5) is 8.78 Å². The summed E-state index contributed by atoms with van der Waals surface area (Å²) in [5.74, 6) is -1.79. The van der Waals surface area contributed by atoms with Gasteiger partial charge in [0.2, 0.25) is 0 Å². The summed E-state index contributed by atoms with van der Waals surface area (Å²) in [5.41, 5.74) is 1.00. The van der Waals surface area contributed by atoms with Crippen LogP contribution in [0.2, 0.25) is 0 Å². The van der Waals surface area contributed by atoms with Gasteiger partial charge in [-0.15, -0.1) is 0 Å². The molecule has 0 bridgehead atoms. The van der Waals surface area contributed by atoms with Crippen LogP contribution in [0.25, 0.3) is 0 Å². The molecule has 28 heavy (non-hydrogen) atoms. The maximum atomic E-state index is 13.9. The van der Waals surface area contributed by atoms with E-state index in [1.807, 2.05) is 12.1 Å². The summed E-state index contributed by atoms with van der Waals surface area (Å²) in [5, 5.41) is 11.7. The van der Waals surface area contributed by atoms with Crippen LogP contribution in [-0.4, -0.2) is 10.9 Å². The van der Waals surface area contributed by atoms with Crippen LogP contribution in [0.5, 0.6) is 5.75 Å². The van der Waals surface area contributed by atoms with Crippen molar-refractivity contribution in [1.82, 2.24) is 10.3 Å². The number of aromatic nitrogens is 1. The molecular weight excluding hydrogens is 364 g/mol. The van der Waals surface area contributed by atoms with Gasteiger partial charge in [-0.05, 0) is 30.3 Å². The molecule has 1 aromatic heterocycles. The van der Waals surface area contributed by atoms with Gasteiger partial charge in [0.05, 0.1) is 6.07 Å². The van der Waals surface area contributed by atoms with Crippen LogP contribution < -0.4 is 10.1 Å². The van der Waals surface area contributed by atoms with Crippen LogP contribution >= 0.6 is 0 Å². The van der Waals surface area contributed by atoms with E-state index in [0.29, 0.717) is 11.8 Å². The Hall–Kier alpha value is -3.79. The number of hydrogen-bond acceptors (Lipinski definition) is 4. The number of nitriles is 1. The Balaban J connectivity index is 1.70. The summed E-state index contributed by atoms with van der Waals surface area (Å²) < 4.78 is 32.6. The lowest BCUT2D eigenvalue weighted by Crippen LogP contribution is -2.28. The van der Waals surface area contributed by atoms with Gasteiger partial charge >= 0.3 is 0 Å². The summed E-state index contributed by atoms with van der Waals surface area (Å²) in [7, 11) is 0. The molecule has 1 amide bonds. The Morgan fingerprint density at radius 2 is 2.04 bits per heavy atom. The predicted molar refractivity (Wildman–Crippen MR) is 97.2 cm³/mol. The largest absolute Gasteiger partial charge is 0.489 e. The number of pyridine rings is 1. The van der Waals surface area contributed by atoms with Gasteiger partial charge in [-0.2, -0.15) is 5.26 Å². The minimum absolute atomic E-state index is 0.110. The van der Waals surface area contributed by atoms with E-state index in [1.165, 1.54) is 6.07 Å². The van der Waals surface area contributed by atoms with Crippen molar-refractivity contribution < 1.29 is 18.3 Å². The van der Waals surface area contributed by atoms with E-state index in [2.05, 4.69) is 10.3 Å². The summed E-state index contributed by atoms with van der Waals surface area (Å²) in [6.07, 6.45) is 3.33. The van der Waals surface area contributed by atoms with E-state index >= 15 is 0 Å². The van der Waals surface area contributed by atoms with Crippen molar-refractivity contribution in [1.29, 1.82) is 5.26 Å². The third-order valence-corrected chi connectivity index (χ3v) is 3.90. The molecule has 7 heteroatoms. The molecule has 1 atom stereocenters. The lowest BCUT2D eigenvalue weighted by atomic mass is 10.1. The zero-order valence-electron chi connectivity index (χ0n) is 14.6. The summed E-state index contributed by atoms with van der Waals surface area (Å²) in [4.78, 5) is 16.5. The van der Waals surface area contributed by atoms with Crippen LogP contribution in [0.1, 0.15) is 27.5 Å². The van der Waals surface area contributed by atoms with Crippen LogP contribution in [0.15, 0.2) is 67.0 Å². The number of rotatable bonds is 6. The number of nitrogens with zero attached hydrogens (tertiary/aromatic N) is 2. The maximum Gasteiger partial charge on any atom is 0.252 e. The number of amides is 1. The lowest BCUT2D eigenvalue weighted by Gasteiger charge is -2.13. The van der Waals surface area contributed by atoms with Gasteiger partial charge in [-0.1, -0.05) is 18.2 Å². The van der Waals surface area contributed by atoms with Crippen LogP contribution in [-0.2, 0) is 6.61 Å². The van der Waals surface area contributed by atoms with Crippen molar-refractivity contribution in [2.45, 2.75) is 12.6 Å². The van der Waals surface area contributed by atoms with E-state index in [-0.39, 0.29) is 17.7 Å². The molecule has 0 aliphatic rings. The third-order valence-electron chi connectivity index (χ3n) is 3.90. The van der Waals surface area contributed by atoms with E-state index in [0.717, 1.165) is 17.7 Å². The Bertz CT molecular complexity index is 1020. The smallest absolute Gasteiger partial charge is 0.252 e. The van der Waals surface area contributed by atoms with Crippen molar-refractivity contribution in [3.63, 3.8) is 0 Å². The molecule has 1 heterocycles. The monoisotopic (exact) mass is 379 g/mol. The highest BCUT2D eigenvalue weighted by Gasteiger charge is 2.19. The van der Waals surface area contributed by atoms with Crippen LogP contribution in [0.3, 0.4) is 0 Å². The van der Waals surface area contributed by atoms with Crippen molar-refractivity contribution >= 4 is 5.91 Å². The third kappa shape index (κ3) is 4.68. The summed E-state index contributed by atoms with van der Waals surface area (Å²) >= 11 is 0. The molecule has 3 rings (SSSR count). The molecule has 0 aliphatic carbocycles. The second-order valence-corrected chi connectivity index (χ2v) is 5.88. The number of carbonyl (C=O) groups is 1. The molecule has 0 radical (unpaired) electrons. The van der Waals surface area contributed by atoms with E-state index in [9.17, 15) is 18.8 Å². The Labute approximate surface area is 160 Å². The molecule has 0 saturated heterocycles. The number of nitrogens with one attached hydrogen (secondary N) is 1. The van der Waals surface area contributed by atoms with Gasteiger partial charge in [-0.3, -0.25) is 9.78 Å². The minimum Gasteiger partial charge on any atom is -0.489 e. The standard InChI is InChI=1S/C21H15F2N3O2/c22-16-6-7-18(19(23)10-16)20(11-24)26-21(27)15-4-1-5-17(9-15)28-13-14-3-2-8-25-12-14/h1-10,12,20H,13H2,(H,26,27). The number of benzene rings is 2. The van der Waals surface area contributed by atoms with Crippen molar-refractivity contribution in [3.8, 4) is 11.8 Å². The first-order valence-electron chi connectivity index (χ1n) is 8.34. The van der Waals surface area contributed by atoms with Crippen LogP contribution in [0, 0.1) is 23.0 Å². The summed E-state index contributed by atoms with van der Waals surface area (Å²) in [6, 6.07) is 13.4. The number of hydrogen-bond donors (Lipinski definition) is 1. The van der Waals surface area contributed by atoms with Gasteiger partial charge in [0.1, 0.15) is 30.0 Å². The molecule has 140 valence electrons. The highest BCUT2D eigenvalue weighted by Crippen LogP contribution is 2.20. The number of halogens is 2. The zero-order chi connectivity index (χ0) is 19.9. The fourth-order valence-corrected chi connectivity index (χ4v) is 2.51. The molecule has 2 aromatic carbocycles. The van der Waals surface area contributed by atoms with Gasteiger partial charge in [0.25, 0.3) is 5.91 Å². The van der Waals surface area contributed by atoms with Gasteiger partial charge in [0.15, 0.2) is 0 Å². The fraction of sp³-hybridized carbons (Fsp3) is 0.0952. The van der Waals surface area contributed by atoms with E-state index in [4.69, 9.17) is 4.74 Å². The normalized spacial score (nSPS) is 11.3. The topological polar surface area (TPSA) is 75.0 Å². The maximum absolute atomic E-state index is 13.9. The van der Waals surface area contributed by atoms with Crippen molar-refractivity contribution in [3.05, 3.63) is 95.3 Å². The van der Waals surface area contributed by atoms with E-state index < -0.39 is 23.6 Å². The van der Waals surface area contributed by atoms with Gasteiger partial charge in [0, 0.05) is 35.2 Å². The van der Waals surface area contributed by atoms with E-state index in [1.54, 1.807) is 36.7 Å². The zero-order valence-corrected chi connectivity index (χ0v) is 14.6. The molecule has 0 saturated carbocycles. The fourth-order valence-electron chi connectivity index (χ4n) is 2.51. The quantitative estimate of drug-likeness (QED) is 0.704. The SMILES string of the molecule is N#CC(NC(=O)c1cccc(OCc2cccnc2)c1)c1ccc(F)cc1F. The first-order valence-corrected chi connectivity index (χ1v) is 8.34. The average Bonchev–Trinajstić information content (AvgIpc) is 2.72. The first-order chi connectivity index (χ1) is 13.6. The summed E-state index contributed by atoms with van der Waals surface area (Å²) in [6.45, 7) is 0.278. The molecule has 1 N–H and O–H groups in total. The van der Waals surface area contributed by atoms with Crippen molar-refractivity contribution in [2.75, 3.05) is 0 Å². The molecule has 0 fully saturated rings. The first kappa shape index (κ1) is 19.0. The minimum atomic E-state index is -1.26.